The van der Waals surface area contributed by atoms with Gasteiger partial charge in [-0.1, -0.05) is 23.4 Å². The van der Waals surface area contributed by atoms with Crippen molar-refractivity contribution in [2.45, 2.75) is 79.5 Å². The molecule has 1 saturated heterocycles. The number of anilines is 1. The molecule has 5 aromatic rings. The lowest BCUT2D eigenvalue weighted by Gasteiger charge is -2.24. The van der Waals surface area contributed by atoms with Gasteiger partial charge in [0, 0.05) is 19.1 Å². The number of rotatable bonds is 12. The molecule has 0 bridgehead atoms. The van der Waals surface area contributed by atoms with E-state index in [-0.39, 0.29) is 31.4 Å². The van der Waals surface area contributed by atoms with Crippen LogP contribution < -0.4 is 19.5 Å². The second kappa shape index (κ2) is 15.4. The molecule has 1 aliphatic heterocycles. The van der Waals surface area contributed by atoms with Crippen molar-refractivity contribution in [1.82, 2.24) is 29.7 Å². The number of nitrogens with zero attached hydrogens (tertiary/aromatic N) is 6. The van der Waals surface area contributed by atoms with Gasteiger partial charge < -0.3 is 33.9 Å². The summed E-state index contributed by atoms with van der Waals surface area (Å²) in [5.74, 6) is 2.96. The van der Waals surface area contributed by atoms with Crippen molar-refractivity contribution in [1.29, 1.82) is 0 Å². The van der Waals surface area contributed by atoms with Crippen molar-refractivity contribution in [2.75, 3.05) is 25.5 Å². The molecule has 1 N–H and O–H groups in total. The number of fused-ring (bicyclic) bond motifs is 1. The van der Waals surface area contributed by atoms with Gasteiger partial charge in [0.1, 0.15) is 35.2 Å². The fourth-order valence-electron chi connectivity index (χ4n) is 5.70. The van der Waals surface area contributed by atoms with Gasteiger partial charge >= 0.3 is 12.1 Å². The molecule has 53 heavy (non-hydrogen) atoms. The molecule has 3 aromatic carbocycles. The number of hydrogen-bond donors (Lipinski definition) is 1. The number of ether oxygens (including phenoxy) is 5. The maximum Gasteiger partial charge on any atom is 0.410 e. The van der Waals surface area contributed by atoms with Gasteiger partial charge in [-0.25, -0.2) is 9.48 Å². The second-order valence-corrected chi connectivity index (χ2v) is 15.0. The fraction of sp³-hybridized carbons (Fsp3) is 0.410. The minimum Gasteiger partial charge on any atom is -0.497 e. The third-order valence-electron chi connectivity index (χ3n) is 8.48. The van der Waals surface area contributed by atoms with E-state index in [1.54, 1.807) is 39.0 Å². The zero-order chi connectivity index (χ0) is 37.8. The lowest BCUT2D eigenvalue weighted by Crippen LogP contribution is -2.36. The SMILES string of the molecule is COc1ccc(Cn2nc(N[C@@H]3CCN(C(=O)OC(C)(C)C)C3)c3c(Oc4ccc(OCc5cnnn5COC(=O)C(C)(C)C)cc4)cccc32)cc1. The Morgan fingerprint density at radius 2 is 1.62 bits per heavy atom. The van der Waals surface area contributed by atoms with E-state index in [1.165, 1.54) is 4.68 Å². The average molecular weight is 726 g/mol. The summed E-state index contributed by atoms with van der Waals surface area (Å²) in [7, 11) is 1.65. The molecule has 14 nitrogen and oxygen atoms in total. The third kappa shape index (κ3) is 9.36. The molecule has 0 spiro atoms. The first-order valence-corrected chi connectivity index (χ1v) is 17.6. The third-order valence-corrected chi connectivity index (χ3v) is 8.48. The van der Waals surface area contributed by atoms with Crippen molar-refractivity contribution in [2.24, 2.45) is 5.41 Å². The maximum absolute atomic E-state index is 12.8. The number of aromatic nitrogens is 5. The summed E-state index contributed by atoms with van der Waals surface area (Å²) in [5, 5.41) is 17.4. The van der Waals surface area contributed by atoms with Crippen LogP contribution in [0.5, 0.6) is 23.0 Å². The number of nitrogens with one attached hydrogen (secondary N) is 1. The summed E-state index contributed by atoms with van der Waals surface area (Å²) in [5.41, 5.74) is 1.41. The fourth-order valence-corrected chi connectivity index (χ4v) is 5.70. The predicted molar refractivity (Wildman–Crippen MR) is 198 cm³/mol. The Morgan fingerprint density at radius 1 is 0.906 bits per heavy atom. The smallest absolute Gasteiger partial charge is 0.410 e. The number of benzene rings is 3. The molecular weight excluding hydrogens is 678 g/mol. The number of carbonyl (C=O) groups is 2. The molecule has 6 rings (SSSR count). The molecule has 1 amide bonds. The Morgan fingerprint density at radius 3 is 2.32 bits per heavy atom. The van der Waals surface area contributed by atoms with Gasteiger partial charge in [-0.3, -0.25) is 9.48 Å². The summed E-state index contributed by atoms with van der Waals surface area (Å²) in [6, 6.07) is 21.1. The van der Waals surface area contributed by atoms with E-state index in [9.17, 15) is 9.59 Å². The highest BCUT2D eigenvalue weighted by Gasteiger charge is 2.31. The van der Waals surface area contributed by atoms with E-state index in [0.717, 1.165) is 28.6 Å². The number of esters is 1. The molecule has 3 heterocycles. The first-order chi connectivity index (χ1) is 25.3. The van der Waals surface area contributed by atoms with Crippen LogP contribution in [-0.2, 0) is 34.2 Å². The molecule has 0 aliphatic carbocycles. The van der Waals surface area contributed by atoms with Gasteiger partial charge in [0.2, 0.25) is 0 Å². The molecule has 280 valence electrons. The molecule has 1 aliphatic rings. The number of hydrogen-bond acceptors (Lipinski definition) is 11. The van der Waals surface area contributed by atoms with Crippen molar-refractivity contribution >= 4 is 28.8 Å². The number of carbonyl (C=O) groups excluding carboxylic acids is 2. The Labute approximate surface area is 308 Å². The first-order valence-electron chi connectivity index (χ1n) is 17.6. The van der Waals surface area contributed by atoms with Crippen LogP contribution in [0.3, 0.4) is 0 Å². The van der Waals surface area contributed by atoms with Crippen molar-refractivity contribution in [3.05, 3.63) is 84.2 Å². The average Bonchev–Trinajstić information content (AvgIpc) is 3.86. The van der Waals surface area contributed by atoms with E-state index >= 15 is 0 Å². The van der Waals surface area contributed by atoms with Gasteiger partial charge in [0.25, 0.3) is 0 Å². The minimum atomic E-state index is -0.621. The van der Waals surface area contributed by atoms with E-state index in [2.05, 4.69) is 15.6 Å². The lowest BCUT2D eigenvalue weighted by molar-refractivity contribution is -0.157. The maximum atomic E-state index is 12.8. The van der Waals surface area contributed by atoms with Crippen LogP contribution in [0.2, 0.25) is 0 Å². The molecule has 0 unspecified atom stereocenters. The molecule has 1 fully saturated rings. The van der Waals surface area contributed by atoms with Crippen molar-refractivity contribution in [3.63, 3.8) is 0 Å². The summed E-state index contributed by atoms with van der Waals surface area (Å²) in [4.78, 5) is 26.7. The molecule has 0 radical (unpaired) electrons. The predicted octanol–water partition coefficient (Wildman–Crippen LogP) is 7.02. The Balaban J connectivity index is 1.18. The Bertz CT molecular complexity index is 2030. The number of methoxy groups -OCH3 is 1. The van der Waals surface area contributed by atoms with Gasteiger partial charge in [0.15, 0.2) is 12.5 Å². The van der Waals surface area contributed by atoms with Crippen molar-refractivity contribution in [3.8, 4) is 23.0 Å². The molecule has 1 atom stereocenters. The van der Waals surface area contributed by atoms with Crippen LogP contribution >= 0.6 is 0 Å². The van der Waals surface area contributed by atoms with Gasteiger partial charge in [-0.2, -0.15) is 5.10 Å². The van der Waals surface area contributed by atoms with E-state index in [4.69, 9.17) is 28.8 Å². The largest absolute Gasteiger partial charge is 0.497 e. The standard InChI is InChI=1S/C39H47N7O7/c1-38(2,3)36(47)51-25-46-28(21-40-43-46)24-50-30-15-17-31(18-16-30)52-33-10-8-9-32-34(33)35(42-45(32)22-26-11-13-29(49-7)14-12-26)41-27-19-20-44(23-27)37(48)53-39(4,5)6/h8-18,21,27H,19-20,22-25H2,1-7H3,(H,41,42)/t27-/m1/s1. The summed E-state index contributed by atoms with van der Waals surface area (Å²) in [6.45, 7) is 12.7. The summed E-state index contributed by atoms with van der Waals surface area (Å²) < 4.78 is 32.3. The highest BCUT2D eigenvalue weighted by Crippen LogP contribution is 2.37. The highest BCUT2D eigenvalue weighted by molar-refractivity contribution is 5.96. The van der Waals surface area contributed by atoms with Crippen LogP contribution in [0.4, 0.5) is 10.6 Å². The van der Waals surface area contributed by atoms with Gasteiger partial charge in [0.05, 0.1) is 41.9 Å². The van der Waals surface area contributed by atoms with Crippen molar-refractivity contribution < 1.29 is 33.3 Å². The monoisotopic (exact) mass is 725 g/mol. The number of amides is 1. The van der Waals surface area contributed by atoms with Crippen LogP contribution in [0.25, 0.3) is 10.9 Å². The minimum absolute atomic E-state index is 0.0309. The van der Waals surface area contributed by atoms with Crippen LogP contribution in [-0.4, -0.2) is 73.6 Å². The molecule has 0 saturated carbocycles. The Kier molecular flexibility index (Phi) is 10.8. The molecule has 14 heteroatoms. The lowest BCUT2D eigenvalue weighted by atomic mass is 9.98. The summed E-state index contributed by atoms with van der Waals surface area (Å²) >= 11 is 0. The Hall–Kier alpha value is -5.79. The van der Waals surface area contributed by atoms with E-state index < -0.39 is 11.0 Å². The van der Waals surface area contributed by atoms with E-state index in [1.807, 2.05) is 92.2 Å². The second-order valence-electron chi connectivity index (χ2n) is 15.0. The van der Waals surface area contributed by atoms with E-state index in [0.29, 0.717) is 48.4 Å². The zero-order valence-corrected chi connectivity index (χ0v) is 31.3. The first kappa shape index (κ1) is 37.0. The van der Waals surface area contributed by atoms with Crippen LogP contribution in [0.15, 0.2) is 72.9 Å². The number of likely N-dealkylation sites (tertiary alicyclic amines) is 1. The quantitative estimate of drug-likeness (QED) is 0.133. The van der Waals surface area contributed by atoms with Gasteiger partial charge in [-0.05, 0) is 102 Å². The summed E-state index contributed by atoms with van der Waals surface area (Å²) in [6.07, 6.45) is 2.00. The molecular formula is C39H47N7O7. The van der Waals surface area contributed by atoms with Crippen LogP contribution in [0, 0.1) is 5.41 Å². The van der Waals surface area contributed by atoms with Crippen LogP contribution in [0.1, 0.15) is 59.2 Å². The highest BCUT2D eigenvalue weighted by atomic mass is 16.6. The zero-order valence-electron chi connectivity index (χ0n) is 31.3. The topological polar surface area (TPSA) is 144 Å². The molecule has 2 aromatic heterocycles. The van der Waals surface area contributed by atoms with Gasteiger partial charge in [-0.15, -0.1) is 5.10 Å². The normalized spacial score (nSPS) is 14.6.